The molecule has 1 saturated heterocycles. The first-order valence-electron chi connectivity index (χ1n) is 6.91. The topological polar surface area (TPSA) is 39.7 Å². The van der Waals surface area contributed by atoms with E-state index in [0.717, 1.165) is 19.6 Å². The first kappa shape index (κ1) is 14.9. The normalized spacial score (nSPS) is 21.0. The highest BCUT2D eigenvalue weighted by molar-refractivity contribution is 4.71. The van der Waals surface area contributed by atoms with Crippen molar-refractivity contribution in [2.45, 2.75) is 51.9 Å². The van der Waals surface area contributed by atoms with Gasteiger partial charge in [0.1, 0.15) is 0 Å². The third kappa shape index (κ3) is 6.99. The molecule has 0 spiro atoms. The van der Waals surface area contributed by atoms with Gasteiger partial charge in [-0.05, 0) is 39.7 Å². The Labute approximate surface area is 105 Å². The molecule has 4 nitrogen and oxygen atoms in total. The van der Waals surface area contributed by atoms with Crippen molar-refractivity contribution in [1.29, 1.82) is 0 Å². The second-order valence-corrected chi connectivity index (χ2v) is 4.35. The van der Waals surface area contributed by atoms with Gasteiger partial charge in [-0.15, -0.1) is 0 Å². The number of hydrogen-bond acceptors (Lipinski definition) is 4. The Bertz CT molecular complexity index is 166. The Kier molecular flexibility index (Phi) is 8.61. The fraction of sp³-hybridized carbons (Fsp3) is 1.00. The van der Waals surface area contributed by atoms with Crippen molar-refractivity contribution in [2.75, 3.05) is 33.0 Å². The molecule has 1 heterocycles. The van der Waals surface area contributed by atoms with E-state index in [4.69, 9.17) is 14.2 Å². The van der Waals surface area contributed by atoms with E-state index >= 15 is 0 Å². The van der Waals surface area contributed by atoms with E-state index in [1.807, 2.05) is 13.8 Å². The van der Waals surface area contributed by atoms with Crippen LogP contribution in [0.4, 0.5) is 0 Å². The van der Waals surface area contributed by atoms with E-state index in [9.17, 15) is 0 Å². The van der Waals surface area contributed by atoms with Gasteiger partial charge in [0.25, 0.3) is 0 Å². The minimum atomic E-state index is -0.204. The van der Waals surface area contributed by atoms with Crippen LogP contribution in [-0.4, -0.2) is 45.3 Å². The van der Waals surface area contributed by atoms with E-state index in [0.29, 0.717) is 25.9 Å². The number of ether oxygens (including phenoxy) is 3. The Hall–Kier alpha value is -0.160. The predicted octanol–water partition coefficient (Wildman–Crippen LogP) is 1.93. The van der Waals surface area contributed by atoms with E-state index in [2.05, 4.69) is 5.32 Å². The van der Waals surface area contributed by atoms with Crippen molar-refractivity contribution in [2.24, 2.45) is 0 Å². The van der Waals surface area contributed by atoms with Crippen molar-refractivity contribution in [3.05, 3.63) is 0 Å². The molecule has 1 aliphatic rings. The largest absolute Gasteiger partial charge is 0.376 e. The van der Waals surface area contributed by atoms with Gasteiger partial charge in [-0.25, -0.2) is 0 Å². The molecule has 0 aromatic rings. The van der Waals surface area contributed by atoms with Crippen molar-refractivity contribution in [1.82, 2.24) is 5.32 Å². The van der Waals surface area contributed by atoms with Crippen molar-refractivity contribution in [3.63, 3.8) is 0 Å². The van der Waals surface area contributed by atoms with E-state index in [-0.39, 0.29) is 6.29 Å². The molecule has 0 aromatic carbocycles. The Balaban J connectivity index is 2.00. The van der Waals surface area contributed by atoms with Gasteiger partial charge in [-0.1, -0.05) is 6.42 Å². The fourth-order valence-electron chi connectivity index (χ4n) is 2.09. The third-order valence-electron chi connectivity index (χ3n) is 2.98. The van der Waals surface area contributed by atoms with Crippen molar-refractivity contribution in [3.8, 4) is 0 Å². The zero-order valence-corrected chi connectivity index (χ0v) is 11.2. The average molecular weight is 245 g/mol. The molecular weight excluding hydrogens is 218 g/mol. The lowest BCUT2D eigenvalue weighted by atomic mass is 10.0. The lowest BCUT2D eigenvalue weighted by molar-refractivity contribution is -0.167. The van der Waals surface area contributed by atoms with Crippen LogP contribution in [0.2, 0.25) is 0 Å². The molecule has 0 amide bonds. The highest BCUT2D eigenvalue weighted by atomic mass is 16.7. The maximum atomic E-state index is 5.61. The van der Waals surface area contributed by atoms with Crippen LogP contribution >= 0.6 is 0 Å². The molecule has 0 aliphatic carbocycles. The van der Waals surface area contributed by atoms with Gasteiger partial charge >= 0.3 is 0 Å². The zero-order chi connectivity index (χ0) is 12.3. The monoisotopic (exact) mass is 245 g/mol. The number of rotatable bonds is 9. The van der Waals surface area contributed by atoms with Gasteiger partial charge in [-0.3, -0.25) is 0 Å². The molecule has 1 unspecified atom stereocenters. The van der Waals surface area contributed by atoms with Crippen LogP contribution in [0.5, 0.6) is 0 Å². The Morgan fingerprint density at radius 3 is 2.53 bits per heavy atom. The fourth-order valence-corrected chi connectivity index (χ4v) is 2.09. The van der Waals surface area contributed by atoms with Crippen LogP contribution in [0.25, 0.3) is 0 Å². The van der Waals surface area contributed by atoms with Crippen LogP contribution in [0.1, 0.15) is 39.5 Å². The molecule has 102 valence electrons. The molecule has 1 atom stereocenters. The second-order valence-electron chi connectivity index (χ2n) is 4.35. The first-order valence-corrected chi connectivity index (χ1v) is 6.91. The first-order chi connectivity index (χ1) is 8.36. The minimum Gasteiger partial charge on any atom is -0.376 e. The van der Waals surface area contributed by atoms with Crippen molar-refractivity contribution >= 4 is 0 Å². The summed E-state index contributed by atoms with van der Waals surface area (Å²) < 4.78 is 16.4. The molecule has 17 heavy (non-hydrogen) atoms. The predicted molar refractivity (Wildman–Crippen MR) is 68.1 cm³/mol. The standard InChI is InChI=1S/C13H27NO3/c1-3-16-13(17-4-2)11-15-10-8-12-7-5-6-9-14-12/h12-14H,3-11H2,1-2H3. The summed E-state index contributed by atoms with van der Waals surface area (Å²) in [7, 11) is 0. The highest BCUT2D eigenvalue weighted by Crippen LogP contribution is 2.10. The lowest BCUT2D eigenvalue weighted by Crippen LogP contribution is -2.35. The van der Waals surface area contributed by atoms with Crippen LogP contribution in [-0.2, 0) is 14.2 Å². The van der Waals surface area contributed by atoms with Crippen LogP contribution in [0, 0.1) is 0 Å². The average Bonchev–Trinajstić information content (AvgIpc) is 2.36. The molecular formula is C13H27NO3. The summed E-state index contributed by atoms with van der Waals surface area (Å²) >= 11 is 0. The summed E-state index contributed by atoms with van der Waals surface area (Å²) in [5.41, 5.74) is 0. The number of nitrogens with one attached hydrogen (secondary N) is 1. The zero-order valence-electron chi connectivity index (χ0n) is 11.2. The second kappa shape index (κ2) is 9.83. The molecule has 0 saturated carbocycles. The van der Waals surface area contributed by atoms with E-state index in [1.165, 1.54) is 19.3 Å². The Morgan fingerprint density at radius 1 is 1.18 bits per heavy atom. The third-order valence-corrected chi connectivity index (χ3v) is 2.98. The van der Waals surface area contributed by atoms with Crippen LogP contribution < -0.4 is 5.32 Å². The summed E-state index contributed by atoms with van der Waals surface area (Å²) in [6.45, 7) is 7.75. The molecule has 4 heteroatoms. The smallest absolute Gasteiger partial charge is 0.180 e. The van der Waals surface area contributed by atoms with Crippen LogP contribution in [0.15, 0.2) is 0 Å². The number of piperidine rings is 1. The molecule has 0 radical (unpaired) electrons. The summed E-state index contributed by atoms with van der Waals surface area (Å²) in [6, 6.07) is 0.640. The molecule has 1 aliphatic heterocycles. The molecule has 1 fully saturated rings. The van der Waals surface area contributed by atoms with Crippen LogP contribution in [0.3, 0.4) is 0 Å². The number of hydrogen-bond donors (Lipinski definition) is 1. The summed E-state index contributed by atoms with van der Waals surface area (Å²) in [5, 5.41) is 3.52. The molecule has 0 aromatic heterocycles. The maximum absolute atomic E-state index is 5.61. The van der Waals surface area contributed by atoms with E-state index in [1.54, 1.807) is 0 Å². The molecule has 1 rings (SSSR count). The van der Waals surface area contributed by atoms with E-state index < -0.39 is 0 Å². The SMILES string of the molecule is CCOC(COCCC1CCCCN1)OCC. The summed E-state index contributed by atoms with van der Waals surface area (Å²) in [6.07, 6.45) is 4.82. The van der Waals surface area contributed by atoms with Crippen molar-refractivity contribution < 1.29 is 14.2 Å². The summed E-state index contributed by atoms with van der Waals surface area (Å²) in [5.74, 6) is 0. The highest BCUT2D eigenvalue weighted by Gasteiger charge is 2.13. The van der Waals surface area contributed by atoms with Gasteiger partial charge < -0.3 is 19.5 Å². The maximum Gasteiger partial charge on any atom is 0.180 e. The Morgan fingerprint density at radius 2 is 1.94 bits per heavy atom. The minimum absolute atomic E-state index is 0.204. The van der Waals surface area contributed by atoms with Gasteiger partial charge in [0.15, 0.2) is 6.29 Å². The summed E-state index contributed by atoms with van der Waals surface area (Å²) in [4.78, 5) is 0. The van der Waals surface area contributed by atoms with Gasteiger partial charge in [0, 0.05) is 25.9 Å². The van der Waals surface area contributed by atoms with Gasteiger partial charge in [-0.2, -0.15) is 0 Å². The molecule has 1 N–H and O–H groups in total. The van der Waals surface area contributed by atoms with Gasteiger partial charge in [0.2, 0.25) is 0 Å². The molecule has 0 bridgehead atoms. The quantitative estimate of drug-likeness (QED) is 0.498. The van der Waals surface area contributed by atoms with Gasteiger partial charge in [0.05, 0.1) is 6.61 Å². The lowest BCUT2D eigenvalue weighted by Gasteiger charge is -2.23.